The summed E-state index contributed by atoms with van der Waals surface area (Å²) in [5, 5.41) is 6.55. The van der Waals surface area contributed by atoms with Crippen molar-refractivity contribution in [3.8, 4) is 0 Å². The van der Waals surface area contributed by atoms with E-state index in [1.165, 1.54) is 21.9 Å². The fourth-order valence-corrected chi connectivity index (χ4v) is 3.03. The Balaban J connectivity index is 2.05. The minimum atomic E-state index is 0.560. The fourth-order valence-electron chi connectivity index (χ4n) is 3.03. The minimum Gasteiger partial charge on any atom is -0.311 e. The first kappa shape index (κ1) is 10.8. The first-order valence-corrected chi connectivity index (χ1v) is 6.49. The zero-order valence-electron chi connectivity index (χ0n) is 10.5. The zero-order valence-corrected chi connectivity index (χ0v) is 10.5. The number of nitrogens with one attached hydrogen (secondary N) is 1. The molecule has 88 valence electrons. The van der Waals surface area contributed by atoms with Crippen LogP contribution in [0.25, 0.3) is 10.8 Å². The average molecular weight is 225 g/mol. The smallest absolute Gasteiger partial charge is 0.0151 e. The van der Waals surface area contributed by atoms with Crippen molar-refractivity contribution in [1.29, 1.82) is 0 Å². The summed E-state index contributed by atoms with van der Waals surface area (Å²) >= 11 is 0. The monoisotopic (exact) mass is 225 g/mol. The standard InChI is InChI=1S/C16H19N/c1-11(2)17-15-9-13-7-3-5-12-6-4-8-14(10-15)16(12)13/h3-8,11,15,17H,9-10H2,1-2H3. The second-order valence-corrected chi connectivity index (χ2v) is 5.36. The van der Waals surface area contributed by atoms with Gasteiger partial charge in [0.2, 0.25) is 0 Å². The van der Waals surface area contributed by atoms with Gasteiger partial charge in [0, 0.05) is 12.1 Å². The van der Waals surface area contributed by atoms with Crippen molar-refractivity contribution < 1.29 is 0 Å². The lowest BCUT2D eigenvalue weighted by molar-refractivity contribution is 0.454. The molecular formula is C16H19N. The van der Waals surface area contributed by atoms with Crippen LogP contribution in [0.4, 0.5) is 0 Å². The highest BCUT2D eigenvalue weighted by molar-refractivity contribution is 5.89. The highest BCUT2D eigenvalue weighted by Crippen LogP contribution is 2.29. The summed E-state index contributed by atoms with van der Waals surface area (Å²) in [5.74, 6) is 0. The Morgan fingerprint density at radius 1 is 1.00 bits per heavy atom. The highest BCUT2D eigenvalue weighted by atomic mass is 14.9. The van der Waals surface area contributed by atoms with E-state index in [9.17, 15) is 0 Å². The van der Waals surface area contributed by atoms with Crippen LogP contribution >= 0.6 is 0 Å². The van der Waals surface area contributed by atoms with Gasteiger partial charge >= 0.3 is 0 Å². The molecule has 3 rings (SSSR count). The van der Waals surface area contributed by atoms with E-state index in [1.54, 1.807) is 0 Å². The lowest BCUT2D eigenvalue weighted by Crippen LogP contribution is -2.39. The van der Waals surface area contributed by atoms with Crippen LogP contribution in [0.3, 0.4) is 0 Å². The van der Waals surface area contributed by atoms with Gasteiger partial charge < -0.3 is 5.32 Å². The molecule has 0 fully saturated rings. The summed E-state index contributed by atoms with van der Waals surface area (Å²) in [6.45, 7) is 4.45. The van der Waals surface area contributed by atoms with E-state index in [0.717, 1.165) is 12.8 Å². The van der Waals surface area contributed by atoms with Gasteiger partial charge in [-0.1, -0.05) is 50.2 Å². The predicted octanol–water partition coefficient (Wildman–Crippen LogP) is 3.31. The Labute approximate surface area is 103 Å². The largest absolute Gasteiger partial charge is 0.311 e. The van der Waals surface area contributed by atoms with E-state index in [1.807, 2.05) is 0 Å². The average Bonchev–Trinajstić information content (AvgIpc) is 2.28. The summed E-state index contributed by atoms with van der Waals surface area (Å²) in [5.41, 5.74) is 3.00. The maximum atomic E-state index is 3.67. The minimum absolute atomic E-state index is 0.560. The van der Waals surface area contributed by atoms with Crippen LogP contribution in [0.1, 0.15) is 25.0 Å². The van der Waals surface area contributed by atoms with E-state index in [0.29, 0.717) is 12.1 Å². The molecule has 0 spiro atoms. The van der Waals surface area contributed by atoms with E-state index < -0.39 is 0 Å². The topological polar surface area (TPSA) is 12.0 Å². The molecule has 0 saturated heterocycles. The molecule has 2 aromatic carbocycles. The Morgan fingerprint density at radius 3 is 2.12 bits per heavy atom. The molecule has 0 heterocycles. The van der Waals surface area contributed by atoms with Crippen molar-refractivity contribution in [3.05, 3.63) is 47.5 Å². The summed E-state index contributed by atoms with van der Waals surface area (Å²) in [6, 6.07) is 14.5. The van der Waals surface area contributed by atoms with Crippen molar-refractivity contribution in [2.45, 2.75) is 38.8 Å². The molecule has 17 heavy (non-hydrogen) atoms. The lowest BCUT2D eigenvalue weighted by atomic mass is 9.85. The number of hydrogen-bond acceptors (Lipinski definition) is 1. The highest BCUT2D eigenvalue weighted by Gasteiger charge is 2.20. The molecule has 1 nitrogen and oxygen atoms in total. The summed E-state index contributed by atoms with van der Waals surface area (Å²) in [7, 11) is 0. The van der Waals surface area contributed by atoms with Gasteiger partial charge in [0.1, 0.15) is 0 Å². The summed E-state index contributed by atoms with van der Waals surface area (Å²) < 4.78 is 0. The molecule has 0 saturated carbocycles. The van der Waals surface area contributed by atoms with Crippen LogP contribution in [0.2, 0.25) is 0 Å². The maximum absolute atomic E-state index is 3.67. The van der Waals surface area contributed by atoms with Crippen molar-refractivity contribution >= 4 is 10.8 Å². The molecule has 1 N–H and O–H groups in total. The van der Waals surface area contributed by atoms with Crippen LogP contribution in [-0.4, -0.2) is 12.1 Å². The first-order valence-electron chi connectivity index (χ1n) is 6.49. The second-order valence-electron chi connectivity index (χ2n) is 5.36. The molecule has 1 heteroatoms. The van der Waals surface area contributed by atoms with Gasteiger partial charge in [-0.05, 0) is 34.7 Å². The van der Waals surface area contributed by atoms with Gasteiger partial charge in [0.05, 0.1) is 0 Å². The van der Waals surface area contributed by atoms with Gasteiger partial charge in [0.15, 0.2) is 0 Å². The van der Waals surface area contributed by atoms with Gasteiger partial charge in [-0.3, -0.25) is 0 Å². The van der Waals surface area contributed by atoms with Crippen LogP contribution in [0.5, 0.6) is 0 Å². The second kappa shape index (κ2) is 4.15. The molecule has 0 radical (unpaired) electrons. The van der Waals surface area contributed by atoms with Gasteiger partial charge in [-0.15, -0.1) is 0 Å². The number of rotatable bonds is 2. The fraction of sp³-hybridized carbons (Fsp3) is 0.375. The van der Waals surface area contributed by atoms with Crippen LogP contribution in [-0.2, 0) is 12.8 Å². The van der Waals surface area contributed by atoms with Crippen molar-refractivity contribution in [1.82, 2.24) is 5.32 Å². The molecule has 0 aromatic heterocycles. The molecule has 0 unspecified atom stereocenters. The van der Waals surface area contributed by atoms with Crippen LogP contribution in [0, 0.1) is 0 Å². The van der Waals surface area contributed by atoms with Crippen LogP contribution < -0.4 is 5.32 Å². The lowest BCUT2D eigenvalue weighted by Gasteiger charge is -2.27. The normalized spacial score (nSPS) is 15.7. The van der Waals surface area contributed by atoms with E-state index in [2.05, 4.69) is 55.6 Å². The quantitative estimate of drug-likeness (QED) is 0.827. The van der Waals surface area contributed by atoms with E-state index in [4.69, 9.17) is 0 Å². The summed E-state index contributed by atoms with van der Waals surface area (Å²) in [6.07, 6.45) is 2.32. The molecule has 0 aliphatic heterocycles. The van der Waals surface area contributed by atoms with Crippen molar-refractivity contribution in [3.63, 3.8) is 0 Å². The van der Waals surface area contributed by atoms with Crippen molar-refractivity contribution in [2.75, 3.05) is 0 Å². The first-order chi connectivity index (χ1) is 8.24. The molecule has 1 aliphatic carbocycles. The maximum Gasteiger partial charge on any atom is 0.0151 e. The number of benzene rings is 2. The Kier molecular flexibility index (Phi) is 2.64. The third kappa shape index (κ3) is 1.96. The molecule has 2 aromatic rings. The summed E-state index contributed by atoms with van der Waals surface area (Å²) in [4.78, 5) is 0. The molecule has 0 bridgehead atoms. The molecular weight excluding hydrogens is 206 g/mol. The Hall–Kier alpha value is -1.34. The number of hydrogen-bond donors (Lipinski definition) is 1. The van der Waals surface area contributed by atoms with E-state index >= 15 is 0 Å². The molecule has 0 atom stereocenters. The SMILES string of the molecule is CC(C)NC1Cc2cccc3cccc(c23)C1. The van der Waals surface area contributed by atoms with Gasteiger partial charge in [0.25, 0.3) is 0 Å². The predicted molar refractivity (Wildman–Crippen MR) is 73.4 cm³/mol. The third-order valence-corrected chi connectivity index (χ3v) is 3.58. The van der Waals surface area contributed by atoms with Crippen molar-refractivity contribution in [2.24, 2.45) is 0 Å². The van der Waals surface area contributed by atoms with Gasteiger partial charge in [-0.2, -0.15) is 0 Å². The molecule has 1 aliphatic rings. The Bertz CT molecular complexity index is 501. The van der Waals surface area contributed by atoms with Gasteiger partial charge in [-0.25, -0.2) is 0 Å². The van der Waals surface area contributed by atoms with Crippen LogP contribution in [0.15, 0.2) is 36.4 Å². The van der Waals surface area contributed by atoms with E-state index in [-0.39, 0.29) is 0 Å². The third-order valence-electron chi connectivity index (χ3n) is 3.58. The molecule has 0 amide bonds. The zero-order chi connectivity index (χ0) is 11.8. The Morgan fingerprint density at radius 2 is 1.59 bits per heavy atom.